The van der Waals surface area contributed by atoms with Gasteiger partial charge < -0.3 is 4.90 Å². The van der Waals surface area contributed by atoms with Crippen LogP contribution in [0, 0.1) is 5.92 Å². The first-order valence-corrected chi connectivity index (χ1v) is 6.87. The maximum Gasteiger partial charge on any atom is 0.129 e. The topological polar surface area (TPSA) is 16.1 Å². The average molecular weight is 253 g/mol. The van der Waals surface area contributed by atoms with Crippen LogP contribution in [0.5, 0.6) is 0 Å². The summed E-state index contributed by atoms with van der Waals surface area (Å²) >= 11 is 5.80. The van der Waals surface area contributed by atoms with Gasteiger partial charge in [0, 0.05) is 18.8 Å². The Labute approximate surface area is 109 Å². The minimum atomic E-state index is 0.584. The van der Waals surface area contributed by atoms with E-state index >= 15 is 0 Å². The molecule has 1 saturated heterocycles. The predicted octanol–water partition coefficient (Wildman–Crippen LogP) is 3.40. The van der Waals surface area contributed by atoms with Gasteiger partial charge in [-0.2, -0.15) is 0 Å². The van der Waals surface area contributed by atoms with E-state index in [1.807, 2.05) is 12.3 Å². The first-order valence-electron chi connectivity index (χ1n) is 6.49. The second kappa shape index (κ2) is 5.83. The van der Waals surface area contributed by atoms with Crippen LogP contribution in [-0.2, 0) is 6.42 Å². The number of hydrogen-bond donors (Lipinski definition) is 0. The number of hydrogen-bond acceptors (Lipinski definition) is 2. The number of likely N-dealkylation sites (tertiary alicyclic amines) is 1. The van der Waals surface area contributed by atoms with Gasteiger partial charge in [0.05, 0.1) is 0 Å². The molecule has 0 spiro atoms. The molecule has 0 radical (unpaired) electrons. The first-order chi connectivity index (χ1) is 8.15. The zero-order valence-electron chi connectivity index (χ0n) is 10.7. The largest absolute Gasteiger partial charge is 0.301 e. The van der Waals surface area contributed by atoms with Crippen molar-refractivity contribution < 1.29 is 0 Å². The maximum atomic E-state index is 5.80. The van der Waals surface area contributed by atoms with E-state index in [1.165, 1.54) is 31.5 Å². The molecular weight excluding hydrogens is 232 g/mol. The molecule has 17 heavy (non-hydrogen) atoms. The van der Waals surface area contributed by atoms with Gasteiger partial charge in [-0.05, 0) is 57.2 Å². The summed E-state index contributed by atoms with van der Waals surface area (Å²) in [6.45, 7) is 7.05. The fraction of sp³-hybridized carbons (Fsp3) is 0.643. The molecule has 3 heteroatoms. The van der Waals surface area contributed by atoms with Crippen LogP contribution in [0.1, 0.15) is 32.3 Å². The molecule has 0 bridgehead atoms. The van der Waals surface area contributed by atoms with E-state index < -0.39 is 0 Å². The van der Waals surface area contributed by atoms with Crippen LogP contribution in [0.25, 0.3) is 0 Å². The van der Waals surface area contributed by atoms with Crippen molar-refractivity contribution in [3.05, 3.63) is 29.0 Å². The molecule has 0 aromatic carbocycles. The molecule has 2 rings (SSSR count). The molecule has 1 aromatic heterocycles. The summed E-state index contributed by atoms with van der Waals surface area (Å²) in [7, 11) is 0. The van der Waals surface area contributed by atoms with Gasteiger partial charge in [0.25, 0.3) is 0 Å². The lowest BCUT2D eigenvalue weighted by atomic mass is 9.91. The quantitative estimate of drug-likeness (QED) is 0.767. The molecule has 1 atom stereocenters. The number of nitrogens with zero attached hydrogens (tertiary/aromatic N) is 2. The minimum Gasteiger partial charge on any atom is -0.301 e. The van der Waals surface area contributed by atoms with Crippen LogP contribution in [0.15, 0.2) is 18.3 Å². The van der Waals surface area contributed by atoms with Crippen molar-refractivity contribution in [1.29, 1.82) is 0 Å². The standard InChI is InChI=1S/C14H21ClN2/c1-11(2)17-7-3-4-13(10-17)8-12-5-6-14(15)16-9-12/h5-6,9,11,13H,3-4,7-8,10H2,1-2H3. The van der Waals surface area contributed by atoms with E-state index in [-0.39, 0.29) is 0 Å². The molecule has 1 aliphatic rings. The van der Waals surface area contributed by atoms with Gasteiger partial charge in [-0.3, -0.25) is 0 Å². The lowest BCUT2D eigenvalue weighted by Crippen LogP contribution is -2.40. The summed E-state index contributed by atoms with van der Waals surface area (Å²) in [4.78, 5) is 6.73. The van der Waals surface area contributed by atoms with Crippen molar-refractivity contribution in [3.63, 3.8) is 0 Å². The number of halogens is 1. The van der Waals surface area contributed by atoms with Crippen LogP contribution >= 0.6 is 11.6 Å². The van der Waals surface area contributed by atoms with Gasteiger partial charge in [0.2, 0.25) is 0 Å². The Morgan fingerprint density at radius 2 is 2.29 bits per heavy atom. The molecule has 0 N–H and O–H groups in total. The Kier molecular flexibility index (Phi) is 4.41. The normalized spacial score (nSPS) is 22.0. The van der Waals surface area contributed by atoms with Gasteiger partial charge in [-0.15, -0.1) is 0 Å². The van der Waals surface area contributed by atoms with Crippen molar-refractivity contribution in [3.8, 4) is 0 Å². The average Bonchev–Trinajstić information content (AvgIpc) is 2.32. The minimum absolute atomic E-state index is 0.584. The molecular formula is C14H21ClN2. The third kappa shape index (κ3) is 3.68. The highest BCUT2D eigenvalue weighted by molar-refractivity contribution is 6.29. The summed E-state index contributed by atoms with van der Waals surface area (Å²) in [5.41, 5.74) is 1.31. The first kappa shape index (κ1) is 12.8. The maximum absolute atomic E-state index is 5.80. The highest BCUT2D eigenvalue weighted by Crippen LogP contribution is 2.22. The summed E-state index contributed by atoms with van der Waals surface area (Å²) in [5.74, 6) is 0.772. The van der Waals surface area contributed by atoms with E-state index in [9.17, 15) is 0 Å². The Bertz CT molecular complexity index is 348. The van der Waals surface area contributed by atoms with Crippen molar-refractivity contribution in [2.45, 2.75) is 39.2 Å². The van der Waals surface area contributed by atoms with Crippen molar-refractivity contribution in [2.75, 3.05) is 13.1 Å². The molecule has 0 saturated carbocycles. The molecule has 0 aliphatic carbocycles. The van der Waals surface area contributed by atoms with E-state index in [2.05, 4.69) is 29.8 Å². The second-order valence-electron chi connectivity index (χ2n) is 5.29. The van der Waals surface area contributed by atoms with Crippen LogP contribution in [0.2, 0.25) is 5.15 Å². The van der Waals surface area contributed by atoms with Crippen LogP contribution in [0.4, 0.5) is 0 Å². The molecule has 2 nitrogen and oxygen atoms in total. The van der Waals surface area contributed by atoms with E-state index in [0.717, 1.165) is 12.3 Å². The van der Waals surface area contributed by atoms with Gasteiger partial charge in [0.15, 0.2) is 0 Å². The van der Waals surface area contributed by atoms with Crippen LogP contribution in [-0.4, -0.2) is 29.0 Å². The van der Waals surface area contributed by atoms with Crippen molar-refractivity contribution >= 4 is 11.6 Å². The lowest BCUT2D eigenvalue weighted by molar-refractivity contribution is 0.139. The molecule has 0 amide bonds. The molecule has 1 fully saturated rings. The number of rotatable bonds is 3. The van der Waals surface area contributed by atoms with Gasteiger partial charge in [0.1, 0.15) is 5.15 Å². The molecule has 1 aromatic rings. The van der Waals surface area contributed by atoms with E-state index in [4.69, 9.17) is 11.6 Å². The Morgan fingerprint density at radius 3 is 2.94 bits per heavy atom. The molecule has 1 unspecified atom stereocenters. The van der Waals surface area contributed by atoms with Gasteiger partial charge >= 0.3 is 0 Å². The SMILES string of the molecule is CC(C)N1CCCC(Cc2ccc(Cl)nc2)C1. The van der Waals surface area contributed by atoms with Crippen LogP contribution in [0.3, 0.4) is 0 Å². The van der Waals surface area contributed by atoms with Crippen molar-refractivity contribution in [1.82, 2.24) is 9.88 Å². The highest BCUT2D eigenvalue weighted by Gasteiger charge is 2.21. The zero-order valence-corrected chi connectivity index (χ0v) is 11.5. The smallest absolute Gasteiger partial charge is 0.129 e. The molecule has 94 valence electrons. The lowest BCUT2D eigenvalue weighted by Gasteiger charge is -2.35. The fourth-order valence-electron chi connectivity index (χ4n) is 2.59. The highest BCUT2D eigenvalue weighted by atomic mass is 35.5. The Hall–Kier alpha value is -0.600. The third-order valence-corrected chi connectivity index (χ3v) is 3.82. The van der Waals surface area contributed by atoms with Crippen LogP contribution < -0.4 is 0 Å². The van der Waals surface area contributed by atoms with E-state index in [1.54, 1.807) is 0 Å². The Balaban J connectivity index is 1.92. The van der Waals surface area contributed by atoms with Gasteiger partial charge in [-0.25, -0.2) is 4.98 Å². The van der Waals surface area contributed by atoms with Gasteiger partial charge in [-0.1, -0.05) is 17.7 Å². The second-order valence-corrected chi connectivity index (χ2v) is 5.68. The zero-order chi connectivity index (χ0) is 12.3. The number of piperidine rings is 1. The summed E-state index contributed by atoms with van der Waals surface area (Å²) < 4.78 is 0. The predicted molar refractivity (Wildman–Crippen MR) is 72.4 cm³/mol. The third-order valence-electron chi connectivity index (χ3n) is 3.59. The van der Waals surface area contributed by atoms with Crippen molar-refractivity contribution in [2.24, 2.45) is 5.92 Å². The summed E-state index contributed by atoms with van der Waals surface area (Å²) in [5, 5.41) is 0.584. The monoisotopic (exact) mass is 252 g/mol. The Morgan fingerprint density at radius 1 is 1.47 bits per heavy atom. The molecule has 2 heterocycles. The van der Waals surface area contributed by atoms with E-state index in [0.29, 0.717) is 11.2 Å². The summed E-state index contributed by atoms with van der Waals surface area (Å²) in [6, 6.07) is 4.66. The number of aromatic nitrogens is 1. The fourth-order valence-corrected chi connectivity index (χ4v) is 2.71. The number of pyridine rings is 1. The summed E-state index contributed by atoms with van der Waals surface area (Å²) in [6.07, 6.45) is 5.71. The molecule has 1 aliphatic heterocycles.